The van der Waals surface area contributed by atoms with Gasteiger partial charge in [-0.05, 0) is 47.9 Å². The van der Waals surface area contributed by atoms with Crippen molar-refractivity contribution in [1.29, 1.82) is 0 Å². The predicted molar refractivity (Wildman–Crippen MR) is 139 cm³/mol. The van der Waals surface area contributed by atoms with Crippen molar-refractivity contribution in [2.24, 2.45) is 5.92 Å². The number of H-pyrrole nitrogens is 1. The Balaban J connectivity index is 1.48. The second-order valence-electron chi connectivity index (χ2n) is 9.17. The van der Waals surface area contributed by atoms with E-state index in [1.807, 2.05) is 0 Å². The molecule has 2 aromatic carbocycles. The van der Waals surface area contributed by atoms with E-state index in [2.05, 4.69) is 53.3 Å². The molecule has 186 valence electrons. The highest BCUT2D eigenvalue weighted by molar-refractivity contribution is 7.16. The Morgan fingerprint density at radius 2 is 1.91 bits per heavy atom. The number of aliphatic hydroxyl groups is 1. The van der Waals surface area contributed by atoms with Gasteiger partial charge in [0.05, 0.1) is 11.4 Å². The van der Waals surface area contributed by atoms with Crippen LogP contribution < -0.4 is 10.2 Å². The molecule has 7 nitrogen and oxygen atoms in total. The highest BCUT2D eigenvalue weighted by Gasteiger charge is 2.13. The van der Waals surface area contributed by atoms with Crippen molar-refractivity contribution in [2.45, 2.75) is 45.8 Å². The monoisotopic (exact) mass is 487 g/mol. The minimum Gasteiger partial charge on any atom is -0.506 e. The Bertz CT molecular complexity index is 1100. The van der Waals surface area contributed by atoms with Gasteiger partial charge in [0.25, 0.3) is 0 Å². The van der Waals surface area contributed by atoms with Crippen LogP contribution in [-0.2, 0) is 24.0 Å². The van der Waals surface area contributed by atoms with Crippen LogP contribution in [0.15, 0.2) is 41.2 Å². The fraction of sp³-hybridized carbons (Fsp3) is 0.500. The van der Waals surface area contributed by atoms with Crippen LogP contribution in [0, 0.1) is 5.92 Å². The van der Waals surface area contributed by atoms with Crippen LogP contribution >= 0.6 is 11.3 Å². The minimum atomic E-state index is -0.739. The molecule has 0 amide bonds. The maximum atomic E-state index is 11.7. The van der Waals surface area contributed by atoms with Crippen molar-refractivity contribution in [1.82, 2.24) is 15.2 Å². The van der Waals surface area contributed by atoms with Crippen LogP contribution in [0.3, 0.4) is 0 Å². The summed E-state index contributed by atoms with van der Waals surface area (Å²) in [6, 6.07) is 11.9. The molecule has 1 atom stereocenters. The third kappa shape index (κ3) is 7.92. The summed E-state index contributed by atoms with van der Waals surface area (Å²) >= 11 is 1.05. The molecule has 3 rings (SSSR count). The molecule has 0 aliphatic rings. The molecular weight excluding hydrogens is 450 g/mol. The number of nitrogens with zero attached hydrogens (tertiary/aromatic N) is 1. The number of ether oxygens (including phenoxy) is 1. The molecule has 34 heavy (non-hydrogen) atoms. The standard InChI is InChI=1S/C26H37N3O4S/c1-18(2)10-13-29(17-33-3)14-11-20-6-4-5-19(15-20)9-12-27-23(31)16-21-7-8-22(30)24-25(21)34-26(32)28-24/h4-8,15,18,23,27,30-31H,9-14,16-17H2,1-3H3,(H,28,32). The number of fused-ring (bicyclic) bond motifs is 1. The Morgan fingerprint density at radius 3 is 2.65 bits per heavy atom. The maximum absolute atomic E-state index is 11.7. The summed E-state index contributed by atoms with van der Waals surface area (Å²) in [6.45, 7) is 7.79. The molecule has 0 saturated carbocycles. The molecule has 0 spiro atoms. The zero-order valence-corrected chi connectivity index (χ0v) is 21.2. The average Bonchev–Trinajstić information content (AvgIpc) is 3.20. The lowest BCUT2D eigenvalue weighted by Gasteiger charge is -2.22. The number of aromatic hydroxyl groups is 1. The second-order valence-corrected chi connectivity index (χ2v) is 10.2. The van der Waals surface area contributed by atoms with E-state index in [0.717, 1.165) is 49.3 Å². The molecule has 1 aromatic heterocycles. The van der Waals surface area contributed by atoms with E-state index < -0.39 is 6.23 Å². The van der Waals surface area contributed by atoms with Crippen molar-refractivity contribution >= 4 is 21.6 Å². The lowest BCUT2D eigenvalue weighted by molar-refractivity contribution is 0.0609. The first-order valence-corrected chi connectivity index (χ1v) is 12.7. The first kappa shape index (κ1) is 26.4. The van der Waals surface area contributed by atoms with E-state index in [-0.39, 0.29) is 10.6 Å². The van der Waals surface area contributed by atoms with Gasteiger partial charge in [0, 0.05) is 33.2 Å². The molecule has 0 radical (unpaired) electrons. The second kappa shape index (κ2) is 13.0. The molecule has 8 heteroatoms. The van der Waals surface area contributed by atoms with Crippen LogP contribution in [-0.4, -0.2) is 59.8 Å². The summed E-state index contributed by atoms with van der Waals surface area (Å²) in [4.78, 5) is 16.5. The van der Waals surface area contributed by atoms with E-state index >= 15 is 0 Å². The van der Waals surface area contributed by atoms with Gasteiger partial charge < -0.3 is 19.9 Å². The van der Waals surface area contributed by atoms with Crippen LogP contribution in [0.4, 0.5) is 0 Å². The van der Waals surface area contributed by atoms with Crippen LogP contribution in [0.5, 0.6) is 5.75 Å². The normalized spacial score (nSPS) is 12.8. The van der Waals surface area contributed by atoms with Gasteiger partial charge >= 0.3 is 4.87 Å². The number of hydrogen-bond acceptors (Lipinski definition) is 7. The fourth-order valence-corrected chi connectivity index (χ4v) is 4.87. The lowest BCUT2D eigenvalue weighted by Crippen LogP contribution is -2.32. The molecule has 3 aromatic rings. The van der Waals surface area contributed by atoms with E-state index in [1.165, 1.54) is 11.1 Å². The summed E-state index contributed by atoms with van der Waals surface area (Å²) in [6.07, 6.45) is 2.56. The van der Waals surface area contributed by atoms with Crippen molar-refractivity contribution in [3.05, 3.63) is 62.8 Å². The maximum Gasteiger partial charge on any atom is 0.305 e. The summed E-state index contributed by atoms with van der Waals surface area (Å²) in [5.74, 6) is 0.725. The number of benzene rings is 2. The molecular formula is C26H37N3O4S. The molecule has 0 saturated heterocycles. The zero-order chi connectivity index (χ0) is 24.5. The highest BCUT2D eigenvalue weighted by Crippen LogP contribution is 2.28. The van der Waals surface area contributed by atoms with E-state index in [0.29, 0.717) is 35.8 Å². The molecule has 1 heterocycles. The molecule has 0 fully saturated rings. The number of thiazole rings is 1. The number of aliphatic hydroxyl groups excluding tert-OH is 1. The lowest BCUT2D eigenvalue weighted by atomic mass is 10.1. The van der Waals surface area contributed by atoms with Crippen LogP contribution in [0.25, 0.3) is 10.2 Å². The third-order valence-electron chi connectivity index (χ3n) is 5.89. The summed E-state index contributed by atoms with van der Waals surface area (Å²) < 4.78 is 6.05. The Kier molecular flexibility index (Phi) is 10.1. The van der Waals surface area contributed by atoms with E-state index in [4.69, 9.17) is 4.74 Å². The Labute approximate surface area is 205 Å². The molecule has 0 bridgehead atoms. The Morgan fingerprint density at radius 1 is 1.15 bits per heavy atom. The number of phenolic OH excluding ortho intramolecular Hbond substituents is 1. The molecule has 1 unspecified atom stereocenters. The van der Waals surface area contributed by atoms with E-state index in [1.54, 1.807) is 19.2 Å². The first-order chi connectivity index (χ1) is 16.4. The number of rotatable bonds is 14. The van der Waals surface area contributed by atoms with Gasteiger partial charge in [-0.3, -0.25) is 15.0 Å². The smallest absolute Gasteiger partial charge is 0.305 e. The Hall–Kier alpha value is -2.23. The molecule has 4 N–H and O–H groups in total. The average molecular weight is 488 g/mol. The first-order valence-electron chi connectivity index (χ1n) is 11.9. The minimum absolute atomic E-state index is 0.0460. The molecule has 0 aliphatic heterocycles. The van der Waals surface area contributed by atoms with Gasteiger partial charge in [0.15, 0.2) is 0 Å². The largest absolute Gasteiger partial charge is 0.506 e. The zero-order valence-electron chi connectivity index (χ0n) is 20.3. The van der Waals surface area contributed by atoms with Crippen molar-refractivity contribution < 1.29 is 14.9 Å². The number of methoxy groups -OCH3 is 1. The van der Waals surface area contributed by atoms with Gasteiger partial charge in [0.2, 0.25) is 0 Å². The van der Waals surface area contributed by atoms with Gasteiger partial charge in [-0.15, -0.1) is 0 Å². The van der Waals surface area contributed by atoms with Crippen molar-refractivity contribution in [3.63, 3.8) is 0 Å². The fourth-order valence-electron chi connectivity index (χ4n) is 3.99. The SMILES string of the molecule is COCN(CCc1cccc(CCNC(O)Cc2ccc(O)c3[nH]c(=O)sc23)c1)CCC(C)C. The van der Waals surface area contributed by atoms with Gasteiger partial charge in [-0.2, -0.15) is 0 Å². The summed E-state index contributed by atoms with van der Waals surface area (Å²) in [5, 5.41) is 23.6. The third-order valence-corrected chi connectivity index (χ3v) is 6.85. The van der Waals surface area contributed by atoms with Gasteiger partial charge in [-0.1, -0.05) is 55.5 Å². The highest BCUT2D eigenvalue weighted by atomic mass is 32.1. The summed E-state index contributed by atoms with van der Waals surface area (Å²) in [5.41, 5.74) is 3.80. The van der Waals surface area contributed by atoms with E-state index in [9.17, 15) is 15.0 Å². The quantitative estimate of drug-likeness (QED) is 0.260. The van der Waals surface area contributed by atoms with Gasteiger partial charge in [-0.25, -0.2) is 0 Å². The van der Waals surface area contributed by atoms with Gasteiger partial charge in [0.1, 0.15) is 17.5 Å². The number of hydrogen-bond donors (Lipinski definition) is 4. The van der Waals surface area contributed by atoms with Crippen molar-refractivity contribution in [3.8, 4) is 5.75 Å². The predicted octanol–water partition coefficient (Wildman–Crippen LogP) is 3.48. The van der Waals surface area contributed by atoms with Crippen LogP contribution in [0.1, 0.15) is 37.0 Å². The topological polar surface area (TPSA) is 97.8 Å². The number of aromatic nitrogens is 1. The molecule has 0 aliphatic carbocycles. The van der Waals surface area contributed by atoms with Crippen molar-refractivity contribution in [2.75, 3.05) is 33.5 Å². The summed E-state index contributed by atoms with van der Waals surface area (Å²) in [7, 11) is 1.74. The number of nitrogens with one attached hydrogen (secondary N) is 2. The number of aromatic amines is 1. The number of phenols is 1. The van der Waals surface area contributed by atoms with Crippen LogP contribution in [0.2, 0.25) is 0 Å².